The van der Waals surface area contributed by atoms with Crippen molar-refractivity contribution in [1.82, 2.24) is 14.7 Å². The van der Waals surface area contributed by atoms with Gasteiger partial charge in [-0.1, -0.05) is 12.1 Å². The van der Waals surface area contributed by atoms with Crippen LogP contribution in [0, 0.1) is 5.82 Å². The third-order valence-corrected chi connectivity index (χ3v) is 3.86. The van der Waals surface area contributed by atoms with E-state index in [1.807, 2.05) is 16.0 Å². The van der Waals surface area contributed by atoms with Crippen LogP contribution >= 0.6 is 11.3 Å². The molecular weight excluding hydrogens is 277 g/mol. The predicted octanol–water partition coefficient (Wildman–Crippen LogP) is 2.39. The molecule has 20 heavy (non-hydrogen) atoms. The molecule has 3 rings (SSSR count). The van der Waals surface area contributed by atoms with Crippen LogP contribution in [0.25, 0.3) is 4.96 Å². The van der Waals surface area contributed by atoms with Gasteiger partial charge < -0.3 is 5.32 Å². The molecule has 0 fully saturated rings. The maximum absolute atomic E-state index is 12.8. The summed E-state index contributed by atoms with van der Waals surface area (Å²) in [6, 6.07) is 5.95. The highest BCUT2D eigenvalue weighted by Crippen LogP contribution is 2.14. The quantitative estimate of drug-likeness (QED) is 0.801. The molecule has 2 heterocycles. The number of carbonyl (C=O) groups is 1. The van der Waals surface area contributed by atoms with Crippen LogP contribution < -0.4 is 5.32 Å². The van der Waals surface area contributed by atoms with E-state index in [-0.39, 0.29) is 18.1 Å². The van der Waals surface area contributed by atoms with Crippen LogP contribution in [0.3, 0.4) is 0 Å². The summed E-state index contributed by atoms with van der Waals surface area (Å²) in [7, 11) is 0. The Morgan fingerprint density at radius 1 is 1.35 bits per heavy atom. The van der Waals surface area contributed by atoms with E-state index >= 15 is 0 Å². The third kappa shape index (κ3) is 2.70. The van der Waals surface area contributed by atoms with E-state index in [1.165, 1.54) is 23.5 Å². The summed E-state index contributed by atoms with van der Waals surface area (Å²) in [5, 5.41) is 4.83. The zero-order chi connectivity index (χ0) is 13.9. The van der Waals surface area contributed by atoms with Crippen molar-refractivity contribution >= 4 is 22.2 Å². The molecule has 0 atom stereocenters. The summed E-state index contributed by atoms with van der Waals surface area (Å²) in [4.78, 5) is 16.9. The Morgan fingerprint density at radius 2 is 2.15 bits per heavy atom. The Kier molecular flexibility index (Phi) is 3.47. The van der Waals surface area contributed by atoms with Crippen LogP contribution in [0.1, 0.15) is 11.3 Å². The van der Waals surface area contributed by atoms with E-state index in [0.29, 0.717) is 6.54 Å². The molecule has 102 valence electrons. The topological polar surface area (TPSA) is 46.4 Å². The molecular formula is C14H12FN3OS. The van der Waals surface area contributed by atoms with Gasteiger partial charge in [-0.25, -0.2) is 9.37 Å². The number of hydrogen-bond acceptors (Lipinski definition) is 3. The Morgan fingerprint density at radius 3 is 2.95 bits per heavy atom. The lowest BCUT2D eigenvalue weighted by atomic mass is 10.1. The smallest absolute Gasteiger partial charge is 0.224 e. The van der Waals surface area contributed by atoms with Gasteiger partial charge in [-0.2, -0.15) is 0 Å². The lowest BCUT2D eigenvalue weighted by Gasteiger charge is -2.04. The fraction of sp³-hybridized carbons (Fsp3) is 0.143. The van der Waals surface area contributed by atoms with E-state index in [2.05, 4.69) is 10.3 Å². The van der Waals surface area contributed by atoms with Gasteiger partial charge in [0.1, 0.15) is 5.82 Å². The van der Waals surface area contributed by atoms with Gasteiger partial charge in [0.25, 0.3) is 0 Å². The minimum Gasteiger partial charge on any atom is -0.350 e. The maximum Gasteiger partial charge on any atom is 0.224 e. The summed E-state index contributed by atoms with van der Waals surface area (Å²) in [6.45, 7) is 0.455. The molecule has 1 amide bonds. The SMILES string of the molecule is O=C(Cc1ccc(F)cc1)NCc1csc2nccn12. The Balaban J connectivity index is 1.59. The summed E-state index contributed by atoms with van der Waals surface area (Å²) < 4.78 is 14.7. The van der Waals surface area contributed by atoms with Gasteiger partial charge in [0.05, 0.1) is 18.7 Å². The highest BCUT2D eigenvalue weighted by molar-refractivity contribution is 7.15. The number of rotatable bonds is 4. The lowest BCUT2D eigenvalue weighted by Crippen LogP contribution is -2.25. The monoisotopic (exact) mass is 289 g/mol. The van der Waals surface area contributed by atoms with Crippen molar-refractivity contribution < 1.29 is 9.18 Å². The zero-order valence-corrected chi connectivity index (χ0v) is 11.4. The molecule has 4 nitrogen and oxygen atoms in total. The van der Waals surface area contributed by atoms with Gasteiger partial charge in [0.15, 0.2) is 4.96 Å². The molecule has 0 saturated heterocycles. The normalized spacial score (nSPS) is 10.8. The first-order valence-electron chi connectivity index (χ1n) is 6.13. The molecule has 0 bridgehead atoms. The van der Waals surface area contributed by atoms with Crippen LogP contribution in [0.15, 0.2) is 42.0 Å². The molecule has 3 aromatic rings. The standard InChI is InChI=1S/C14H12FN3OS/c15-11-3-1-10(2-4-11)7-13(19)17-8-12-9-20-14-16-5-6-18(12)14/h1-6,9H,7-8H2,(H,17,19). The number of carbonyl (C=O) groups excluding carboxylic acids is 1. The number of amides is 1. The summed E-state index contributed by atoms with van der Waals surface area (Å²) in [5.41, 5.74) is 1.79. The first kappa shape index (κ1) is 12.8. The molecule has 1 aromatic carbocycles. The minimum absolute atomic E-state index is 0.0870. The van der Waals surface area contributed by atoms with Crippen molar-refractivity contribution in [3.63, 3.8) is 0 Å². The lowest BCUT2D eigenvalue weighted by molar-refractivity contribution is -0.120. The number of nitrogens with one attached hydrogen (secondary N) is 1. The Bertz CT molecular complexity index is 732. The number of hydrogen-bond donors (Lipinski definition) is 1. The van der Waals surface area contributed by atoms with Crippen molar-refractivity contribution in [3.05, 3.63) is 59.1 Å². The largest absolute Gasteiger partial charge is 0.350 e. The molecule has 0 aliphatic carbocycles. The van der Waals surface area contributed by atoms with Crippen LogP contribution in [0.5, 0.6) is 0 Å². The van der Waals surface area contributed by atoms with E-state index in [1.54, 1.807) is 18.3 Å². The predicted molar refractivity (Wildman–Crippen MR) is 75.0 cm³/mol. The average molecular weight is 289 g/mol. The number of nitrogens with zero attached hydrogens (tertiary/aromatic N) is 2. The van der Waals surface area contributed by atoms with Gasteiger partial charge in [0.2, 0.25) is 5.91 Å². The van der Waals surface area contributed by atoms with E-state index in [0.717, 1.165) is 16.2 Å². The van der Waals surface area contributed by atoms with E-state index in [4.69, 9.17) is 0 Å². The van der Waals surface area contributed by atoms with Crippen molar-refractivity contribution in [3.8, 4) is 0 Å². The zero-order valence-electron chi connectivity index (χ0n) is 10.5. The molecule has 6 heteroatoms. The minimum atomic E-state index is -0.296. The van der Waals surface area contributed by atoms with Crippen molar-refractivity contribution in [2.45, 2.75) is 13.0 Å². The van der Waals surface area contributed by atoms with Gasteiger partial charge in [-0.3, -0.25) is 9.20 Å². The van der Waals surface area contributed by atoms with Gasteiger partial charge >= 0.3 is 0 Å². The van der Waals surface area contributed by atoms with Crippen LogP contribution in [0.2, 0.25) is 0 Å². The average Bonchev–Trinajstić information content (AvgIpc) is 3.02. The molecule has 0 saturated carbocycles. The molecule has 1 N–H and O–H groups in total. The molecule has 0 unspecified atom stereocenters. The molecule has 2 aromatic heterocycles. The fourth-order valence-corrected chi connectivity index (χ4v) is 2.79. The molecule has 0 radical (unpaired) electrons. The first-order chi connectivity index (χ1) is 9.72. The Hall–Kier alpha value is -2.21. The molecule has 0 aliphatic rings. The highest BCUT2D eigenvalue weighted by atomic mass is 32.1. The summed E-state index contributed by atoms with van der Waals surface area (Å²) in [6.07, 6.45) is 3.85. The van der Waals surface area contributed by atoms with Gasteiger partial charge in [0, 0.05) is 17.8 Å². The summed E-state index contributed by atoms with van der Waals surface area (Å²) >= 11 is 1.54. The number of thiazole rings is 1. The summed E-state index contributed by atoms with van der Waals surface area (Å²) in [5.74, 6) is -0.383. The van der Waals surface area contributed by atoms with Gasteiger partial charge in [-0.15, -0.1) is 11.3 Å². The van der Waals surface area contributed by atoms with Gasteiger partial charge in [-0.05, 0) is 17.7 Å². The highest BCUT2D eigenvalue weighted by Gasteiger charge is 2.07. The van der Waals surface area contributed by atoms with Crippen LogP contribution in [-0.2, 0) is 17.8 Å². The van der Waals surface area contributed by atoms with Crippen molar-refractivity contribution in [1.29, 1.82) is 0 Å². The number of fused-ring (bicyclic) bond motifs is 1. The van der Waals surface area contributed by atoms with Crippen molar-refractivity contribution in [2.75, 3.05) is 0 Å². The fourth-order valence-electron chi connectivity index (χ4n) is 1.94. The van der Waals surface area contributed by atoms with E-state index < -0.39 is 0 Å². The number of benzene rings is 1. The second-order valence-corrected chi connectivity index (χ2v) is 5.22. The van der Waals surface area contributed by atoms with Crippen LogP contribution in [-0.4, -0.2) is 15.3 Å². The van der Waals surface area contributed by atoms with Crippen LogP contribution in [0.4, 0.5) is 4.39 Å². The number of imidazole rings is 1. The first-order valence-corrected chi connectivity index (χ1v) is 7.01. The second kappa shape index (κ2) is 5.42. The Labute approximate surface area is 118 Å². The maximum atomic E-state index is 12.8. The number of aromatic nitrogens is 2. The van der Waals surface area contributed by atoms with Crippen molar-refractivity contribution in [2.24, 2.45) is 0 Å². The third-order valence-electron chi connectivity index (χ3n) is 2.96. The molecule has 0 aliphatic heterocycles. The number of halogens is 1. The molecule has 0 spiro atoms. The van der Waals surface area contributed by atoms with E-state index in [9.17, 15) is 9.18 Å². The second-order valence-electron chi connectivity index (χ2n) is 4.39.